The summed E-state index contributed by atoms with van der Waals surface area (Å²) in [4.78, 5) is 13.2. The molecule has 0 aliphatic carbocycles. The molecule has 1 aliphatic heterocycles. The lowest BCUT2D eigenvalue weighted by Gasteiger charge is -2.34. The molecule has 5 nitrogen and oxygen atoms in total. The number of piperazine rings is 1. The fourth-order valence-corrected chi connectivity index (χ4v) is 2.08. The topological polar surface area (TPSA) is 52.5 Å². The molecule has 1 aromatic rings. The van der Waals surface area contributed by atoms with Crippen LogP contribution in [-0.4, -0.2) is 52.7 Å². The maximum absolute atomic E-state index is 8.93. The van der Waals surface area contributed by atoms with Crippen molar-refractivity contribution in [1.29, 1.82) is 0 Å². The van der Waals surface area contributed by atoms with E-state index in [9.17, 15) is 0 Å². The largest absolute Gasteiger partial charge is 0.392 e. The molecule has 0 amide bonds. The third kappa shape index (κ3) is 3.14. The lowest BCUT2D eigenvalue weighted by atomic mass is 10.3. The molecule has 1 N–H and O–H groups in total. The summed E-state index contributed by atoms with van der Waals surface area (Å²) in [5.74, 6) is 0.776. The third-order valence-corrected chi connectivity index (χ3v) is 3.07. The Morgan fingerprint density at radius 3 is 2.35 bits per heavy atom. The minimum Gasteiger partial charge on any atom is -0.392 e. The molecule has 0 atom stereocenters. The third-order valence-electron chi connectivity index (χ3n) is 3.07. The predicted molar refractivity (Wildman–Crippen MR) is 66.9 cm³/mol. The molecule has 17 heavy (non-hydrogen) atoms. The number of rotatable bonds is 4. The Kier molecular flexibility index (Phi) is 4.28. The second-order valence-electron chi connectivity index (χ2n) is 4.38. The smallest absolute Gasteiger partial charge is 0.225 e. The van der Waals surface area contributed by atoms with E-state index >= 15 is 0 Å². The number of hydrogen-bond donors (Lipinski definition) is 1. The first-order chi connectivity index (χ1) is 8.33. The van der Waals surface area contributed by atoms with E-state index < -0.39 is 0 Å². The van der Waals surface area contributed by atoms with Crippen molar-refractivity contribution in [3.05, 3.63) is 18.0 Å². The Bertz CT molecular complexity index is 333. The monoisotopic (exact) mass is 236 g/mol. The summed E-state index contributed by atoms with van der Waals surface area (Å²) in [6.07, 6.45) is 4.60. The first kappa shape index (κ1) is 12.3. The van der Waals surface area contributed by atoms with E-state index in [0.29, 0.717) is 0 Å². The second kappa shape index (κ2) is 5.93. The van der Waals surface area contributed by atoms with Gasteiger partial charge in [0.1, 0.15) is 0 Å². The van der Waals surface area contributed by atoms with Crippen LogP contribution in [0.1, 0.15) is 18.9 Å². The van der Waals surface area contributed by atoms with Crippen LogP contribution in [0.15, 0.2) is 12.4 Å². The van der Waals surface area contributed by atoms with Crippen LogP contribution < -0.4 is 4.90 Å². The zero-order chi connectivity index (χ0) is 12.1. The van der Waals surface area contributed by atoms with E-state index in [0.717, 1.165) is 37.7 Å². The van der Waals surface area contributed by atoms with Gasteiger partial charge in [0.15, 0.2) is 0 Å². The average molecular weight is 236 g/mol. The van der Waals surface area contributed by atoms with Crippen molar-refractivity contribution in [2.45, 2.75) is 20.0 Å². The molecule has 1 fully saturated rings. The normalized spacial score (nSPS) is 17.4. The molecule has 0 aromatic carbocycles. The Balaban J connectivity index is 1.91. The minimum absolute atomic E-state index is 0.00452. The van der Waals surface area contributed by atoms with Crippen molar-refractivity contribution in [3.63, 3.8) is 0 Å². The van der Waals surface area contributed by atoms with Crippen LogP contribution in [0.2, 0.25) is 0 Å². The van der Waals surface area contributed by atoms with Crippen LogP contribution in [0.25, 0.3) is 0 Å². The van der Waals surface area contributed by atoms with Crippen molar-refractivity contribution < 1.29 is 5.11 Å². The molecule has 1 aromatic heterocycles. The zero-order valence-electron chi connectivity index (χ0n) is 10.3. The van der Waals surface area contributed by atoms with Gasteiger partial charge in [0.2, 0.25) is 5.95 Å². The van der Waals surface area contributed by atoms with Gasteiger partial charge in [0.05, 0.1) is 6.61 Å². The number of aliphatic hydroxyl groups excluding tert-OH is 1. The van der Waals surface area contributed by atoms with Gasteiger partial charge in [-0.1, -0.05) is 6.92 Å². The zero-order valence-corrected chi connectivity index (χ0v) is 10.3. The highest BCUT2D eigenvalue weighted by Crippen LogP contribution is 2.10. The molecule has 0 bridgehead atoms. The van der Waals surface area contributed by atoms with Gasteiger partial charge in [-0.3, -0.25) is 4.90 Å². The maximum atomic E-state index is 8.93. The average Bonchev–Trinajstić information content (AvgIpc) is 2.40. The first-order valence-electron chi connectivity index (χ1n) is 6.22. The number of hydrogen-bond acceptors (Lipinski definition) is 5. The Morgan fingerprint density at radius 1 is 1.18 bits per heavy atom. The SMILES string of the molecule is CCCN1CCN(c2ncc(CO)cn2)CC1. The van der Waals surface area contributed by atoms with Crippen LogP contribution in [0.5, 0.6) is 0 Å². The summed E-state index contributed by atoms with van der Waals surface area (Å²) in [6.45, 7) is 7.53. The molecule has 5 heteroatoms. The van der Waals surface area contributed by atoms with Crippen LogP contribution in [0, 0.1) is 0 Å². The molecular weight excluding hydrogens is 216 g/mol. The van der Waals surface area contributed by atoms with Crippen LogP contribution in [0.3, 0.4) is 0 Å². The molecule has 0 unspecified atom stereocenters. The van der Waals surface area contributed by atoms with E-state index in [2.05, 4.69) is 26.7 Å². The van der Waals surface area contributed by atoms with E-state index in [-0.39, 0.29) is 6.61 Å². The van der Waals surface area contributed by atoms with Gasteiger partial charge in [-0.2, -0.15) is 0 Å². The maximum Gasteiger partial charge on any atom is 0.225 e. The van der Waals surface area contributed by atoms with Crippen molar-refractivity contribution in [3.8, 4) is 0 Å². The van der Waals surface area contributed by atoms with Crippen LogP contribution in [0.4, 0.5) is 5.95 Å². The molecule has 2 rings (SSSR count). The van der Waals surface area contributed by atoms with Gasteiger partial charge < -0.3 is 10.0 Å². The number of aromatic nitrogens is 2. The summed E-state index contributed by atoms with van der Waals surface area (Å²) in [6, 6.07) is 0. The second-order valence-corrected chi connectivity index (χ2v) is 4.38. The van der Waals surface area contributed by atoms with E-state index in [1.54, 1.807) is 12.4 Å². The number of anilines is 1. The van der Waals surface area contributed by atoms with Gasteiger partial charge in [0, 0.05) is 44.1 Å². The predicted octanol–water partition coefficient (Wildman–Crippen LogP) is 0.501. The fourth-order valence-electron chi connectivity index (χ4n) is 2.08. The number of nitrogens with zero attached hydrogens (tertiary/aromatic N) is 4. The van der Waals surface area contributed by atoms with Crippen LogP contribution in [-0.2, 0) is 6.61 Å². The van der Waals surface area contributed by atoms with Gasteiger partial charge in [0.25, 0.3) is 0 Å². The van der Waals surface area contributed by atoms with E-state index in [1.807, 2.05) is 0 Å². The lowest BCUT2D eigenvalue weighted by Crippen LogP contribution is -2.47. The highest BCUT2D eigenvalue weighted by atomic mass is 16.3. The van der Waals surface area contributed by atoms with Crippen molar-refractivity contribution in [2.24, 2.45) is 0 Å². The Hall–Kier alpha value is -1.20. The van der Waals surface area contributed by atoms with Crippen molar-refractivity contribution in [2.75, 3.05) is 37.6 Å². The van der Waals surface area contributed by atoms with Crippen molar-refractivity contribution >= 4 is 5.95 Å². The quantitative estimate of drug-likeness (QED) is 0.825. The number of aliphatic hydroxyl groups is 1. The van der Waals surface area contributed by atoms with Gasteiger partial charge in [-0.25, -0.2) is 9.97 Å². The Morgan fingerprint density at radius 2 is 1.82 bits per heavy atom. The summed E-state index contributed by atoms with van der Waals surface area (Å²) >= 11 is 0. The molecular formula is C12H20N4O. The highest BCUT2D eigenvalue weighted by Gasteiger charge is 2.17. The fraction of sp³-hybridized carbons (Fsp3) is 0.667. The summed E-state index contributed by atoms with van der Waals surface area (Å²) in [7, 11) is 0. The standard InChI is InChI=1S/C12H20N4O/c1-2-3-15-4-6-16(7-5-15)12-13-8-11(10-17)9-14-12/h8-9,17H,2-7,10H2,1H3. The van der Waals surface area contributed by atoms with E-state index in [4.69, 9.17) is 5.11 Å². The molecule has 94 valence electrons. The molecule has 0 spiro atoms. The molecule has 2 heterocycles. The molecule has 0 radical (unpaired) electrons. The summed E-state index contributed by atoms with van der Waals surface area (Å²) in [5, 5.41) is 8.93. The molecule has 1 aliphatic rings. The highest BCUT2D eigenvalue weighted by molar-refractivity contribution is 5.30. The summed E-state index contributed by atoms with van der Waals surface area (Å²) < 4.78 is 0. The van der Waals surface area contributed by atoms with Gasteiger partial charge >= 0.3 is 0 Å². The summed E-state index contributed by atoms with van der Waals surface area (Å²) in [5.41, 5.74) is 0.762. The first-order valence-corrected chi connectivity index (χ1v) is 6.22. The minimum atomic E-state index is 0.00452. The van der Waals surface area contributed by atoms with E-state index in [1.165, 1.54) is 13.0 Å². The molecule has 0 saturated carbocycles. The van der Waals surface area contributed by atoms with Gasteiger partial charge in [-0.05, 0) is 13.0 Å². The Labute approximate surface area is 102 Å². The van der Waals surface area contributed by atoms with Crippen LogP contribution >= 0.6 is 0 Å². The van der Waals surface area contributed by atoms with Crippen molar-refractivity contribution in [1.82, 2.24) is 14.9 Å². The lowest BCUT2D eigenvalue weighted by molar-refractivity contribution is 0.257. The molecule has 1 saturated heterocycles. The van der Waals surface area contributed by atoms with Gasteiger partial charge in [-0.15, -0.1) is 0 Å².